The van der Waals surface area contributed by atoms with Crippen LogP contribution in [0.15, 0.2) is 18.2 Å². The van der Waals surface area contributed by atoms with Crippen LogP contribution in [0.4, 0.5) is 18.9 Å². The van der Waals surface area contributed by atoms with Gasteiger partial charge in [-0.1, -0.05) is 11.6 Å². The molecular formula is C10H11ClF3NO. The Balaban J connectivity index is 2.90. The first-order chi connectivity index (χ1) is 7.29. The van der Waals surface area contributed by atoms with Crippen molar-refractivity contribution in [3.05, 3.63) is 28.8 Å². The number of anilines is 1. The van der Waals surface area contributed by atoms with Crippen molar-refractivity contribution in [1.29, 1.82) is 0 Å². The molecule has 2 N–H and O–H groups in total. The molecule has 0 bridgehead atoms. The van der Waals surface area contributed by atoms with Crippen LogP contribution in [-0.4, -0.2) is 17.8 Å². The molecule has 2 nitrogen and oxygen atoms in total. The second-order valence-corrected chi connectivity index (χ2v) is 3.89. The van der Waals surface area contributed by atoms with E-state index in [0.717, 1.165) is 12.1 Å². The summed E-state index contributed by atoms with van der Waals surface area (Å²) in [5, 5.41) is 11.7. The minimum absolute atomic E-state index is 0.00270. The molecule has 0 fully saturated rings. The summed E-state index contributed by atoms with van der Waals surface area (Å²) in [6.45, 7) is 1.69. The number of aliphatic hydroxyl groups excluding tert-OH is 1. The normalized spacial score (nSPS) is 13.6. The molecule has 16 heavy (non-hydrogen) atoms. The van der Waals surface area contributed by atoms with E-state index in [1.807, 2.05) is 0 Å². The van der Waals surface area contributed by atoms with E-state index >= 15 is 0 Å². The highest BCUT2D eigenvalue weighted by Crippen LogP contribution is 2.33. The number of benzene rings is 1. The van der Waals surface area contributed by atoms with Gasteiger partial charge in [-0.25, -0.2) is 0 Å². The lowest BCUT2D eigenvalue weighted by Crippen LogP contribution is -2.16. The van der Waals surface area contributed by atoms with Crippen LogP contribution in [0.25, 0.3) is 0 Å². The molecule has 1 rings (SSSR count). The van der Waals surface area contributed by atoms with Crippen LogP contribution >= 0.6 is 11.6 Å². The molecule has 0 aromatic heterocycles. The fourth-order valence-electron chi connectivity index (χ4n) is 1.12. The number of rotatable bonds is 3. The molecule has 0 saturated carbocycles. The van der Waals surface area contributed by atoms with Crippen molar-refractivity contribution in [2.75, 3.05) is 11.9 Å². The second-order valence-electron chi connectivity index (χ2n) is 3.46. The number of hydrogen-bond donors (Lipinski definition) is 2. The summed E-state index contributed by atoms with van der Waals surface area (Å²) in [5.74, 6) is 0. The molecule has 0 radical (unpaired) electrons. The maximum absolute atomic E-state index is 12.4. The summed E-state index contributed by atoms with van der Waals surface area (Å²) in [6, 6.07) is 3.18. The van der Waals surface area contributed by atoms with Gasteiger partial charge in [-0.15, -0.1) is 0 Å². The van der Waals surface area contributed by atoms with Crippen molar-refractivity contribution in [2.45, 2.75) is 19.2 Å². The lowest BCUT2D eigenvalue weighted by atomic mass is 10.2. The number of alkyl halides is 3. The van der Waals surface area contributed by atoms with Crippen molar-refractivity contribution >= 4 is 17.3 Å². The van der Waals surface area contributed by atoms with Crippen LogP contribution in [0, 0.1) is 0 Å². The second kappa shape index (κ2) is 4.93. The molecule has 1 atom stereocenters. The number of aliphatic hydroxyl groups is 1. The van der Waals surface area contributed by atoms with Gasteiger partial charge in [0.1, 0.15) is 0 Å². The quantitative estimate of drug-likeness (QED) is 0.867. The van der Waals surface area contributed by atoms with Crippen molar-refractivity contribution < 1.29 is 18.3 Å². The van der Waals surface area contributed by atoms with Crippen molar-refractivity contribution in [2.24, 2.45) is 0 Å². The third kappa shape index (κ3) is 3.90. The topological polar surface area (TPSA) is 32.3 Å². The van der Waals surface area contributed by atoms with E-state index in [4.69, 9.17) is 16.7 Å². The molecule has 0 heterocycles. The van der Waals surface area contributed by atoms with Gasteiger partial charge in [0.05, 0.1) is 11.7 Å². The minimum Gasteiger partial charge on any atom is -0.392 e. The predicted octanol–water partition coefficient (Wildman–Crippen LogP) is 3.15. The average molecular weight is 254 g/mol. The van der Waals surface area contributed by atoms with Crippen LogP contribution in [-0.2, 0) is 6.18 Å². The molecule has 1 aromatic rings. The number of hydrogen-bond acceptors (Lipinski definition) is 2. The fourth-order valence-corrected chi connectivity index (χ4v) is 1.36. The SMILES string of the molecule is CC(O)CNc1cc(Cl)cc(C(F)(F)F)c1. The van der Waals surface area contributed by atoms with Gasteiger partial charge < -0.3 is 10.4 Å². The van der Waals surface area contributed by atoms with Gasteiger partial charge in [-0.2, -0.15) is 13.2 Å². The summed E-state index contributed by atoms with van der Waals surface area (Å²) in [7, 11) is 0. The van der Waals surface area contributed by atoms with Crippen LogP contribution in [0.5, 0.6) is 0 Å². The Labute approximate surface area is 96.0 Å². The highest BCUT2D eigenvalue weighted by Gasteiger charge is 2.31. The Morgan fingerprint density at radius 2 is 2.00 bits per heavy atom. The Kier molecular flexibility index (Phi) is 4.04. The molecule has 0 saturated heterocycles. The van der Waals surface area contributed by atoms with Crippen molar-refractivity contribution in [3.8, 4) is 0 Å². The zero-order chi connectivity index (χ0) is 12.3. The van der Waals surface area contributed by atoms with Gasteiger partial charge in [0, 0.05) is 17.3 Å². The van der Waals surface area contributed by atoms with Gasteiger partial charge in [0.15, 0.2) is 0 Å². The van der Waals surface area contributed by atoms with Crippen LogP contribution < -0.4 is 5.32 Å². The van der Waals surface area contributed by atoms with E-state index in [2.05, 4.69) is 5.32 Å². The van der Waals surface area contributed by atoms with Crippen LogP contribution in [0.3, 0.4) is 0 Å². The van der Waals surface area contributed by atoms with E-state index < -0.39 is 17.8 Å². The first kappa shape index (κ1) is 13.1. The highest BCUT2D eigenvalue weighted by molar-refractivity contribution is 6.30. The third-order valence-corrected chi connectivity index (χ3v) is 2.04. The zero-order valence-electron chi connectivity index (χ0n) is 8.48. The van der Waals surface area contributed by atoms with Crippen molar-refractivity contribution in [1.82, 2.24) is 0 Å². The Morgan fingerprint density at radius 3 is 2.50 bits per heavy atom. The monoisotopic (exact) mass is 253 g/mol. The fraction of sp³-hybridized carbons (Fsp3) is 0.400. The lowest BCUT2D eigenvalue weighted by molar-refractivity contribution is -0.137. The first-order valence-corrected chi connectivity index (χ1v) is 4.96. The van der Waals surface area contributed by atoms with Gasteiger partial charge >= 0.3 is 6.18 Å². The van der Waals surface area contributed by atoms with Gasteiger partial charge in [0.25, 0.3) is 0 Å². The number of nitrogens with one attached hydrogen (secondary N) is 1. The summed E-state index contributed by atoms with van der Waals surface area (Å²) >= 11 is 5.57. The minimum atomic E-state index is -4.42. The van der Waals surface area contributed by atoms with Gasteiger partial charge in [-0.05, 0) is 25.1 Å². The van der Waals surface area contributed by atoms with E-state index in [0.29, 0.717) is 0 Å². The van der Waals surface area contributed by atoms with Gasteiger partial charge in [0.2, 0.25) is 0 Å². The Bertz CT molecular complexity index is 366. The maximum atomic E-state index is 12.4. The molecule has 1 unspecified atom stereocenters. The summed E-state index contributed by atoms with van der Waals surface area (Å²) < 4.78 is 37.2. The Morgan fingerprint density at radius 1 is 1.38 bits per heavy atom. The van der Waals surface area contributed by atoms with E-state index in [1.54, 1.807) is 0 Å². The molecular weight excluding hydrogens is 243 g/mol. The summed E-state index contributed by atoms with van der Waals surface area (Å²) in [4.78, 5) is 0. The molecule has 90 valence electrons. The van der Waals surface area contributed by atoms with Gasteiger partial charge in [-0.3, -0.25) is 0 Å². The smallest absolute Gasteiger partial charge is 0.392 e. The third-order valence-electron chi connectivity index (χ3n) is 1.83. The zero-order valence-corrected chi connectivity index (χ0v) is 9.23. The molecule has 6 heteroatoms. The molecule has 0 aliphatic carbocycles. The van der Waals surface area contributed by atoms with Crippen LogP contribution in [0.1, 0.15) is 12.5 Å². The molecule has 0 aliphatic heterocycles. The van der Waals surface area contributed by atoms with Crippen LogP contribution in [0.2, 0.25) is 5.02 Å². The Hall–Kier alpha value is -0.940. The lowest BCUT2D eigenvalue weighted by Gasteiger charge is -2.12. The predicted molar refractivity (Wildman–Crippen MR) is 56.6 cm³/mol. The summed E-state index contributed by atoms with van der Waals surface area (Å²) in [6.07, 6.45) is -5.07. The molecule has 1 aromatic carbocycles. The average Bonchev–Trinajstić information content (AvgIpc) is 2.12. The first-order valence-electron chi connectivity index (χ1n) is 4.59. The molecule has 0 aliphatic rings. The summed E-state index contributed by atoms with van der Waals surface area (Å²) in [5.41, 5.74) is -0.575. The standard InChI is InChI=1S/C10H11ClF3NO/c1-6(16)5-15-9-3-7(10(12,13)14)2-8(11)4-9/h2-4,6,15-16H,5H2,1H3. The van der Waals surface area contributed by atoms with E-state index in [-0.39, 0.29) is 17.3 Å². The van der Waals surface area contributed by atoms with E-state index in [1.165, 1.54) is 13.0 Å². The highest BCUT2D eigenvalue weighted by atomic mass is 35.5. The number of halogens is 4. The van der Waals surface area contributed by atoms with Crippen molar-refractivity contribution in [3.63, 3.8) is 0 Å². The molecule has 0 amide bonds. The largest absolute Gasteiger partial charge is 0.416 e. The molecule has 0 spiro atoms. The van der Waals surface area contributed by atoms with E-state index in [9.17, 15) is 13.2 Å². The maximum Gasteiger partial charge on any atom is 0.416 e.